The van der Waals surface area contributed by atoms with Crippen LogP contribution in [0.15, 0.2) is 78.9 Å². The van der Waals surface area contributed by atoms with Crippen molar-refractivity contribution in [3.8, 4) is 22.3 Å². The lowest BCUT2D eigenvalue weighted by Gasteiger charge is -2.33. The highest BCUT2D eigenvalue weighted by molar-refractivity contribution is 6.13. The van der Waals surface area contributed by atoms with E-state index in [1.165, 1.54) is 51.6 Å². The zero-order chi connectivity index (χ0) is 21.3. The second kappa shape index (κ2) is 8.44. The Kier molecular flexibility index (Phi) is 5.16. The van der Waals surface area contributed by atoms with Crippen molar-refractivity contribution in [3.63, 3.8) is 0 Å². The van der Waals surface area contributed by atoms with Gasteiger partial charge in [0.1, 0.15) is 0 Å². The smallest absolute Gasteiger partial charge is 0.0642 e. The van der Waals surface area contributed by atoms with Crippen molar-refractivity contribution in [1.29, 1.82) is 0 Å². The van der Waals surface area contributed by atoms with Gasteiger partial charge in [-0.25, -0.2) is 0 Å². The van der Waals surface area contributed by atoms with E-state index in [9.17, 15) is 0 Å². The van der Waals surface area contributed by atoms with Crippen LogP contribution in [0.2, 0.25) is 0 Å². The quantitative estimate of drug-likeness (QED) is 0.358. The Bertz CT molecular complexity index is 1240. The van der Waals surface area contributed by atoms with Crippen LogP contribution in [0.25, 0.3) is 33.0 Å². The van der Waals surface area contributed by atoms with Gasteiger partial charge in [0.15, 0.2) is 0 Å². The molecule has 1 fully saturated rings. The molecule has 1 saturated heterocycles. The molecule has 4 aromatic carbocycles. The van der Waals surface area contributed by atoms with Crippen LogP contribution in [-0.4, -0.2) is 26.3 Å². The first-order chi connectivity index (χ1) is 15.9. The summed E-state index contributed by atoms with van der Waals surface area (Å²) >= 11 is 0. The molecule has 160 valence electrons. The van der Waals surface area contributed by atoms with Crippen molar-refractivity contribution in [2.45, 2.75) is 25.7 Å². The summed E-state index contributed by atoms with van der Waals surface area (Å²) < 4.78 is 5.69. The average Bonchev–Trinajstić information content (AvgIpc) is 2.88. The van der Waals surface area contributed by atoms with E-state index >= 15 is 0 Å². The summed E-state index contributed by atoms with van der Waals surface area (Å²) in [4.78, 5) is 2.53. The normalized spacial score (nSPS) is 16.2. The van der Waals surface area contributed by atoms with E-state index in [0.29, 0.717) is 0 Å². The minimum Gasteiger partial charge on any atom is -0.378 e. The van der Waals surface area contributed by atoms with Crippen LogP contribution in [0.4, 0.5) is 5.69 Å². The number of fused-ring (bicyclic) bond motifs is 2. The second-order valence-electron chi connectivity index (χ2n) is 8.95. The van der Waals surface area contributed by atoms with Crippen molar-refractivity contribution >= 4 is 16.5 Å². The number of anilines is 1. The lowest BCUT2D eigenvalue weighted by Crippen LogP contribution is -2.36. The number of morpholine rings is 1. The van der Waals surface area contributed by atoms with Gasteiger partial charge in [0.2, 0.25) is 0 Å². The van der Waals surface area contributed by atoms with E-state index < -0.39 is 0 Å². The largest absolute Gasteiger partial charge is 0.378 e. The molecule has 0 saturated carbocycles. The van der Waals surface area contributed by atoms with Crippen molar-refractivity contribution in [2.75, 3.05) is 31.2 Å². The second-order valence-corrected chi connectivity index (χ2v) is 8.95. The molecule has 6 rings (SSSR count). The molecule has 1 heterocycles. The van der Waals surface area contributed by atoms with Gasteiger partial charge in [-0.05, 0) is 70.5 Å². The molecule has 0 amide bonds. The lowest BCUT2D eigenvalue weighted by molar-refractivity contribution is 0.123. The standard InChI is InChI=1S/C30H29NO/c1-3-10-22(11-4-1)28-24-14-7-8-15-25(24)29(23-12-5-2-6-13-23)30-26(28)16-9-17-27(30)31-18-20-32-21-19-31/h1-6,9-13,16-17H,7-8,14-15,18-21H2. The molecule has 2 nitrogen and oxygen atoms in total. The first-order valence-electron chi connectivity index (χ1n) is 12.0. The van der Waals surface area contributed by atoms with Crippen LogP contribution in [0.3, 0.4) is 0 Å². The SMILES string of the molecule is c1ccc(-c2c3c(c(-c4ccccc4)c4c(N5CCOCC5)cccc24)CCCC3)cc1. The maximum absolute atomic E-state index is 5.69. The van der Waals surface area contributed by atoms with Gasteiger partial charge in [0, 0.05) is 24.2 Å². The highest BCUT2D eigenvalue weighted by Gasteiger charge is 2.26. The predicted octanol–water partition coefficient (Wildman–Crippen LogP) is 6.89. The summed E-state index contributed by atoms with van der Waals surface area (Å²) in [6.07, 6.45) is 4.87. The number of rotatable bonds is 3. The molecule has 2 aliphatic rings. The fourth-order valence-corrected chi connectivity index (χ4v) is 5.71. The number of benzene rings is 4. The minimum atomic E-state index is 0.799. The molecule has 4 aromatic rings. The highest BCUT2D eigenvalue weighted by Crippen LogP contribution is 2.47. The Labute approximate surface area is 190 Å². The van der Waals surface area contributed by atoms with Gasteiger partial charge >= 0.3 is 0 Å². The predicted molar refractivity (Wildman–Crippen MR) is 134 cm³/mol. The zero-order valence-electron chi connectivity index (χ0n) is 18.5. The van der Waals surface area contributed by atoms with E-state index in [1.807, 2.05) is 0 Å². The third-order valence-corrected chi connectivity index (χ3v) is 7.11. The van der Waals surface area contributed by atoms with Crippen LogP contribution in [0.1, 0.15) is 24.0 Å². The van der Waals surface area contributed by atoms with E-state index in [0.717, 1.165) is 39.1 Å². The van der Waals surface area contributed by atoms with Gasteiger partial charge in [-0.2, -0.15) is 0 Å². The van der Waals surface area contributed by atoms with Crippen LogP contribution in [0.5, 0.6) is 0 Å². The van der Waals surface area contributed by atoms with Crippen LogP contribution < -0.4 is 4.90 Å². The van der Waals surface area contributed by atoms with Crippen molar-refractivity contribution < 1.29 is 4.74 Å². The molecular weight excluding hydrogens is 390 g/mol. The van der Waals surface area contributed by atoms with Crippen LogP contribution in [0, 0.1) is 0 Å². The van der Waals surface area contributed by atoms with E-state index in [-0.39, 0.29) is 0 Å². The van der Waals surface area contributed by atoms with Crippen molar-refractivity contribution in [3.05, 3.63) is 90.0 Å². The molecule has 0 N–H and O–H groups in total. The summed E-state index contributed by atoms with van der Waals surface area (Å²) in [7, 11) is 0. The summed E-state index contributed by atoms with van der Waals surface area (Å²) in [6.45, 7) is 3.50. The van der Waals surface area contributed by atoms with Gasteiger partial charge in [-0.15, -0.1) is 0 Å². The molecule has 0 radical (unpaired) electrons. The lowest BCUT2D eigenvalue weighted by atomic mass is 9.77. The molecule has 0 aromatic heterocycles. The fraction of sp³-hybridized carbons (Fsp3) is 0.267. The van der Waals surface area contributed by atoms with E-state index in [4.69, 9.17) is 4.74 Å². The first kappa shape index (κ1) is 19.6. The third-order valence-electron chi connectivity index (χ3n) is 7.11. The summed E-state index contributed by atoms with van der Waals surface area (Å²) in [5.41, 5.74) is 10.1. The minimum absolute atomic E-state index is 0.799. The van der Waals surface area contributed by atoms with E-state index in [2.05, 4.69) is 83.8 Å². The molecule has 0 spiro atoms. The fourth-order valence-electron chi connectivity index (χ4n) is 5.71. The Morgan fingerprint density at radius 2 is 1.19 bits per heavy atom. The highest BCUT2D eigenvalue weighted by atomic mass is 16.5. The molecular formula is C30H29NO. The molecule has 0 atom stereocenters. The maximum atomic E-state index is 5.69. The van der Waals surface area contributed by atoms with Gasteiger partial charge in [-0.3, -0.25) is 0 Å². The molecule has 1 aliphatic carbocycles. The molecule has 32 heavy (non-hydrogen) atoms. The monoisotopic (exact) mass is 419 g/mol. The molecule has 2 heteroatoms. The maximum Gasteiger partial charge on any atom is 0.0642 e. The Balaban J connectivity index is 1.75. The van der Waals surface area contributed by atoms with Gasteiger partial charge < -0.3 is 9.64 Å². The number of ether oxygens (including phenoxy) is 1. The number of hydrogen-bond donors (Lipinski definition) is 0. The zero-order valence-corrected chi connectivity index (χ0v) is 18.5. The number of hydrogen-bond acceptors (Lipinski definition) is 2. The molecule has 0 bridgehead atoms. The van der Waals surface area contributed by atoms with E-state index in [1.54, 1.807) is 11.1 Å². The Hall–Kier alpha value is -3.10. The third kappa shape index (κ3) is 3.30. The average molecular weight is 420 g/mol. The number of nitrogens with zero attached hydrogens (tertiary/aromatic N) is 1. The van der Waals surface area contributed by atoms with Crippen molar-refractivity contribution in [1.82, 2.24) is 0 Å². The topological polar surface area (TPSA) is 12.5 Å². The Morgan fingerprint density at radius 1 is 0.594 bits per heavy atom. The summed E-state index contributed by atoms with van der Waals surface area (Å²) in [5, 5.41) is 2.81. The molecule has 1 aliphatic heterocycles. The van der Waals surface area contributed by atoms with Gasteiger partial charge in [0.25, 0.3) is 0 Å². The van der Waals surface area contributed by atoms with Gasteiger partial charge in [0.05, 0.1) is 13.2 Å². The Morgan fingerprint density at radius 3 is 1.84 bits per heavy atom. The summed E-state index contributed by atoms with van der Waals surface area (Å²) in [5.74, 6) is 0. The first-order valence-corrected chi connectivity index (χ1v) is 12.0. The van der Waals surface area contributed by atoms with Crippen molar-refractivity contribution in [2.24, 2.45) is 0 Å². The summed E-state index contributed by atoms with van der Waals surface area (Å²) in [6, 6.07) is 29.0. The van der Waals surface area contributed by atoms with Crippen LogP contribution >= 0.6 is 0 Å². The molecule has 0 unspecified atom stereocenters. The van der Waals surface area contributed by atoms with Crippen LogP contribution in [-0.2, 0) is 17.6 Å². The van der Waals surface area contributed by atoms with Gasteiger partial charge in [-0.1, -0.05) is 72.8 Å².